The van der Waals surface area contributed by atoms with Gasteiger partial charge in [-0.25, -0.2) is 0 Å². The number of rotatable bonds is 6. The largest absolute Gasteiger partial charge is 0.497 e. The van der Waals surface area contributed by atoms with E-state index < -0.39 is 0 Å². The molecule has 2 amide bonds. The topological polar surface area (TPSA) is 73.9 Å². The molecule has 2 saturated heterocycles. The van der Waals surface area contributed by atoms with Gasteiger partial charge in [0.15, 0.2) is 0 Å². The zero-order valence-corrected chi connectivity index (χ0v) is 14.7. The standard InChI is InChI=1S/C18H26N4O3/c1-25-15-6-4-14(5-7-15)22-12-8-19-16(13-22)18(24)20-9-11-21-10-2-3-17(21)23/h4-7,16,19H,2-3,8-13H2,1H3,(H,20,24). The lowest BCUT2D eigenvalue weighted by molar-refractivity contribution is -0.128. The molecule has 3 rings (SSSR count). The van der Waals surface area contributed by atoms with Gasteiger partial charge < -0.3 is 25.2 Å². The van der Waals surface area contributed by atoms with E-state index in [1.165, 1.54) is 0 Å². The van der Waals surface area contributed by atoms with Gasteiger partial charge >= 0.3 is 0 Å². The Balaban J connectivity index is 1.48. The summed E-state index contributed by atoms with van der Waals surface area (Å²) in [7, 11) is 1.65. The zero-order valence-electron chi connectivity index (χ0n) is 14.7. The van der Waals surface area contributed by atoms with Gasteiger partial charge in [0.05, 0.1) is 7.11 Å². The summed E-state index contributed by atoms with van der Waals surface area (Å²) in [5.74, 6) is 1.00. The molecule has 7 heteroatoms. The maximum absolute atomic E-state index is 12.4. The SMILES string of the molecule is COc1ccc(N2CCNC(C(=O)NCCN3CCCC3=O)C2)cc1. The summed E-state index contributed by atoms with van der Waals surface area (Å²) in [5.41, 5.74) is 1.09. The van der Waals surface area contributed by atoms with Gasteiger partial charge in [-0.05, 0) is 30.7 Å². The van der Waals surface area contributed by atoms with Crippen molar-refractivity contribution in [3.05, 3.63) is 24.3 Å². The van der Waals surface area contributed by atoms with Crippen LogP contribution < -0.4 is 20.3 Å². The van der Waals surface area contributed by atoms with Crippen molar-refractivity contribution in [2.75, 3.05) is 51.3 Å². The Morgan fingerprint density at radius 3 is 2.80 bits per heavy atom. The van der Waals surface area contributed by atoms with Gasteiger partial charge in [-0.1, -0.05) is 0 Å². The lowest BCUT2D eigenvalue weighted by Gasteiger charge is -2.34. The highest BCUT2D eigenvalue weighted by Crippen LogP contribution is 2.20. The maximum atomic E-state index is 12.4. The summed E-state index contributed by atoms with van der Waals surface area (Å²) in [6, 6.07) is 7.64. The molecule has 0 aromatic heterocycles. The second-order valence-corrected chi connectivity index (χ2v) is 6.43. The van der Waals surface area contributed by atoms with E-state index in [0.717, 1.165) is 37.5 Å². The first-order valence-electron chi connectivity index (χ1n) is 8.85. The highest BCUT2D eigenvalue weighted by Gasteiger charge is 2.26. The number of methoxy groups -OCH3 is 1. The molecule has 2 aliphatic heterocycles. The highest BCUT2D eigenvalue weighted by atomic mass is 16.5. The fourth-order valence-corrected chi connectivity index (χ4v) is 3.33. The molecule has 1 aromatic rings. The van der Waals surface area contributed by atoms with Gasteiger partial charge in [0, 0.05) is 51.4 Å². The number of anilines is 1. The van der Waals surface area contributed by atoms with Crippen molar-refractivity contribution < 1.29 is 14.3 Å². The van der Waals surface area contributed by atoms with Gasteiger partial charge in [-0.2, -0.15) is 0 Å². The minimum atomic E-state index is -0.245. The summed E-state index contributed by atoms with van der Waals surface area (Å²) >= 11 is 0. The molecule has 1 atom stereocenters. The second-order valence-electron chi connectivity index (χ2n) is 6.43. The van der Waals surface area contributed by atoms with E-state index in [1.807, 2.05) is 29.2 Å². The summed E-state index contributed by atoms with van der Waals surface area (Å²) in [4.78, 5) is 28.0. The van der Waals surface area contributed by atoms with Crippen LogP contribution in [0.2, 0.25) is 0 Å². The molecule has 2 N–H and O–H groups in total. The molecule has 136 valence electrons. The number of piperazine rings is 1. The van der Waals surface area contributed by atoms with E-state index in [0.29, 0.717) is 26.1 Å². The van der Waals surface area contributed by atoms with Crippen LogP contribution in [-0.2, 0) is 9.59 Å². The molecule has 0 aliphatic carbocycles. The molecule has 0 saturated carbocycles. The van der Waals surface area contributed by atoms with Crippen LogP contribution in [0, 0.1) is 0 Å². The Kier molecular flexibility index (Phi) is 5.75. The van der Waals surface area contributed by atoms with Crippen LogP contribution in [0.3, 0.4) is 0 Å². The summed E-state index contributed by atoms with van der Waals surface area (Å²) < 4.78 is 5.19. The normalized spacial score (nSPS) is 20.7. The van der Waals surface area contributed by atoms with Crippen LogP contribution >= 0.6 is 0 Å². The zero-order chi connectivity index (χ0) is 17.6. The maximum Gasteiger partial charge on any atom is 0.239 e. The Morgan fingerprint density at radius 2 is 2.12 bits per heavy atom. The van der Waals surface area contributed by atoms with Crippen molar-refractivity contribution in [3.8, 4) is 5.75 Å². The molecule has 1 unspecified atom stereocenters. The average molecular weight is 346 g/mol. The number of carbonyl (C=O) groups excluding carboxylic acids is 2. The predicted octanol–water partition coefficient (Wildman–Crippen LogP) is 0.212. The molecular weight excluding hydrogens is 320 g/mol. The third-order valence-corrected chi connectivity index (χ3v) is 4.78. The van der Waals surface area contributed by atoms with Gasteiger partial charge in [0.2, 0.25) is 11.8 Å². The molecule has 1 aromatic carbocycles. The third kappa shape index (κ3) is 4.42. The van der Waals surface area contributed by atoms with Crippen molar-refractivity contribution in [2.45, 2.75) is 18.9 Å². The quantitative estimate of drug-likeness (QED) is 0.770. The third-order valence-electron chi connectivity index (χ3n) is 4.78. The van der Waals surface area contributed by atoms with Gasteiger partial charge in [-0.15, -0.1) is 0 Å². The van der Waals surface area contributed by atoms with Crippen LogP contribution in [0.25, 0.3) is 0 Å². The Morgan fingerprint density at radius 1 is 1.32 bits per heavy atom. The van der Waals surface area contributed by atoms with Crippen molar-refractivity contribution in [1.29, 1.82) is 0 Å². The van der Waals surface area contributed by atoms with E-state index in [2.05, 4.69) is 15.5 Å². The molecule has 0 bridgehead atoms. The van der Waals surface area contributed by atoms with Gasteiger partial charge in [0.25, 0.3) is 0 Å². The predicted molar refractivity (Wildman–Crippen MR) is 95.8 cm³/mol. The number of hydrogen-bond acceptors (Lipinski definition) is 5. The summed E-state index contributed by atoms with van der Waals surface area (Å²) in [6.07, 6.45) is 1.56. The van der Waals surface area contributed by atoms with E-state index in [9.17, 15) is 9.59 Å². The second kappa shape index (κ2) is 8.20. The number of nitrogens with zero attached hydrogens (tertiary/aromatic N) is 2. The van der Waals surface area contributed by atoms with E-state index >= 15 is 0 Å². The monoisotopic (exact) mass is 346 g/mol. The van der Waals surface area contributed by atoms with Crippen LogP contribution in [0.4, 0.5) is 5.69 Å². The Bertz CT molecular complexity index is 605. The van der Waals surface area contributed by atoms with Crippen molar-refractivity contribution in [1.82, 2.24) is 15.5 Å². The molecule has 2 heterocycles. The fraction of sp³-hybridized carbons (Fsp3) is 0.556. The van der Waals surface area contributed by atoms with Crippen LogP contribution in [0.5, 0.6) is 5.75 Å². The summed E-state index contributed by atoms with van der Waals surface area (Å²) in [6.45, 7) is 4.15. The number of carbonyl (C=O) groups is 2. The molecule has 7 nitrogen and oxygen atoms in total. The van der Waals surface area contributed by atoms with Gasteiger partial charge in [-0.3, -0.25) is 9.59 Å². The number of ether oxygens (including phenoxy) is 1. The minimum absolute atomic E-state index is 0.00939. The summed E-state index contributed by atoms with van der Waals surface area (Å²) in [5, 5.41) is 6.22. The van der Waals surface area contributed by atoms with Crippen molar-refractivity contribution >= 4 is 17.5 Å². The smallest absolute Gasteiger partial charge is 0.239 e. The molecule has 0 spiro atoms. The first kappa shape index (κ1) is 17.5. The number of benzene rings is 1. The lowest BCUT2D eigenvalue weighted by atomic mass is 10.1. The first-order valence-corrected chi connectivity index (χ1v) is 8.85. The Hall–Kier alpha value is -2.28. The van der Waals surface area contributed by atoms with Gasteiger partial charge in [0.1, 0.15) is 11.8 Å². The van der Waals surface area contributed by atoms with Crippen LogP contribution in [-0.4, -0.2) is 69.1 Å². The first-order chi connectivity index (χ1) is 12.2. The molecule has 25 heavy (non-hydrogen) atoms. The fourth-order valence-electron chi connectivity index (χ4n) is 3.33. The van der Waals surface area contributed by atoms with E-state index in [-0.39, 0.29) is 17.9 Å². The molecular formula is C18H26N4O3. The Labute approximate surface area is 148 Å². The van der Waals surface area contributed by atoms with E-state index in [4.69, 9.17) is 4.74 Å². The van der Waals surface area contributed by atoms with Crippen LogP contribution in [0.15, 0.2) is 24.3 Å². The lowest BCUT2D eigenvalue weighted by Crippen LogP contribution is -2.57. The molecule has 2 aliphatic rings. The number of nitrogens with one attached hydrogen (secondary N) is 2. The average Bonchev–Trinajstić information content (AvgIpc) is 3.07. The van der Waals surface area contributed by atoms with Crippen LogP contribution in [0.1, 0.15) is 12.8 Å². The van der Waals surface area contributed by atoms with Crippen molar-refractivity contribution in [2.24, 2.45) is 0 Å². The molecule has 2 fully saturated rings. The molecule has 0 radical (unpaired) electrons. The number of likely N-dealkylation sites (tertiary alicyclic amines) is 1. The number of amides is 2. The van der Waals surface area contributed by atoms with E-state index in [1.54, 1.807) is 7.11 Å². The minimum Gasteiger partial charge on any atom is -0.497 e. The number of hydrogen-bond donors (Lipinski definition) is 2. The highest BCUT2D eigenvalue weighted by molar-refractivity contribution is 5.83. The van der Waals surface area contributed by atoms with Crippen molar-refractivity contribution in [3.63, 3.8) is 0 Å².